The average Bonchev–Trinajstić information content (AvgIpc) is 2.69. The zero-order chi connectivity index (χ0) is 15.1. The Morgan fingerprint density at radius 2 is 1.90 bits per heavy atom. The van der Waals surface area contributed by atoms with E-state index in [1.807, 2.05) is 0 Å². The Hall–Kier alpha value is -2.23. The number of aromatic carboxylic acids is 1. The molecule has 1 heterocycles. The van der Waals surface area contributed by atoms with Crippen molar-refractivity contribution in [2.24, 2.45) is 0 Å². The first kappa shape index (κ1) is 14.2. The molecule has 0 aliphatic carbocycles. The summed E-state index contributed by atoms with van der Waals surface area (Å²) in [6.07, 6.45) is 0. The van der Waals surface area contributed by atoms with Crippen molar-refractivity contribution in [2.75, 3.05) is 0 Å². The zero-order valence-electron chi connectivity index (χ0n) is 9.43. The molecule has 0 atom stereocenters. The van der Waals surface area contributed by atoms with Crippen molar-refractivity contribution in [1.82, 2.24) is 4.98 Å². The van der Waals surface area contributed by atoms with E-state index in [0.29, 0.717) is 5.52 Å². The predicted octanol–water partition coefficient (Wildman–Crippen LogP) is 2.09. The van der Waals surface area contributed by atoms with Crippen LogP contribution in [0.1, 0.15) is 10.5 Å². The highest BCUT2D eigenvalue weighted by molar-refractivity contribution is 7.88. The first-order chi connectivity index (χ1) is 9.10. The van der Waals surface area contributed by atoms with Gasteiger partial charge in [-0.1, -0.05) is 0 Å². The number of carbonyl (C=O) groups is 1. The molecule has 0 amide bonds. The maximum absolute atomic E-state index is 12.1. The maximum Gasteiger partial charge on any atom is 0.534 e. The topological polar surface area (TPSA) is 96.5 Å². The molecule has 0 unspecified atom stereocenters. The van der Waals surface area contributed by atoms with Crippen LogP contribution in [-0.4, -0.2) is 30.0 Å². The molecular formula is C10H6F3NO5S. The molecule has 0 aliphatic rings. The van der Waals surface area contributed by atoms with Crippen molar-refractivity contribution < 1.29 is 35.7 Å². The molecular weight excluding hydrogens is 303 g/mol. The number of halogens is 3. The number of aromatic nitrogens is 1. The van der Waals surface area contributed by atoms with E-state index in [2.05, 4.69) is 9.17 Å². The van der Waals surface area contributed by atoms with Crippen LogP contribution in [0, 0.1) is 0 Å². The molecule has 0 aliphatic heterocycles. The van der Waals surface area contributed by atoms with Crippen LogP contribution >= 0.6 is 0 Å². The molecule has 0 radical (unpaired) electrons. The minimum absolute atomic E-state index is 0.184. The van der Waals surface area contributed by atoms with Gasteiger partial charge in [-0.25, -0.2) is 4.79 Å². The number of benzene rings is 1. The van der Waals surface area contributed by atoms with E-state index in [4.69, 9.17) is 5.11 Å². The largest absolute Gasteiger partial charge is 0.534 e. The Balaban J connectivity index is 2.40. The summed E-state index contributed by atoms with van der Waals surface area (Å²) in [5.74, 6) is -1.82. The molecule has 2 aromatic rings. The van der Waals surface area contributed by atoms with Gasteiger partial charge in [-0.15, -0.1) is 0 Å². The number of aromatic amines is 1. The van der Waals surface area contributed by atoms with Gasteiger partial charge in [0.2, 0.25) is 0 Å². The van der Waals surface area contributed by atoms with Crippen LogP contribution in [0.2, 0.25) is 0 Å². The summed E-state index contributed by atoms with van der Waals surface area (Å²) in [7, 11) is -5.76. The lowest BCUT2D eigenvalue weighted by molar-refractivity contribution is -0.0500. The lowest BCUT2D eigenvalue weighted by Crippen LogP contribution is -2.28. The third kappa shape index (κ3) is 2.54. The molecule has 10 heteroatoms. The number of nitrogens with one attached hydrogen (secondary N) is 1. The number of carboxylic acid groups (broad SMARTS) is 1. The number of alkyl halides is 3. The quantitative estimate of drug-likeness (QED) is 0.668. The van der Waals surface area contributed by atoms with E-state index < -0.39 is 27.3 Å². The third-order valence-corrected chi connectivity index (χ3v) is 3.29. The molecule has 2 N–H and O–H groups in total. The Labute approximate surface area is 109 Å². The van der Waals surface area contributed by atoms with E-state index in [0.717, 1.165) is 18.2 Å². The number of hydrogen-bond donors (Lipinski definition) is 2. The van der Waals surface area contributed by atoms with Gasteiger partial charge in [-0.3, -0.25) is 0 Å². The molecule has 0 spiro atoms. The molecule has 0 saturated heterocycles. The molecule has 108 valence electrons. The standard InChI is InChI=1S/C10H6F3NO5S/c11-10(12,13)20(17,18)19-6-1-2-7-5(3-6)4-8(14-7)9(15)16/h1-4,14H,(H,15,16). The van der Waals surface area contributed by atoms with Crippen LogP contribution in [0.4, 0.5) is 13.2 Å². The summed E-state index contributed by atoms with van der Waals surface area (Å²) >= 11 is 0. The van der Waals surface area contributed by atoms with Crippen LogP contribution in [-0.2, 0) is 10.1 Å². The van der Waals surface area contributed by atoms with Gasteiger partial charge in [0.05, 0.1) is 0 Å². The van der Waals surface area contributed by atoms with Gasteiger partial charge in [0, 0.05) is 10.9 Å². The summed E-state index contributed by atoms with van der Waals surface area (Å²) in [6.45, 7) is 0. The Morgan fingerprint density at radius 3 is 2.45 bits per heavy atom. The van der Waals surface area contributed by atoms with Crippen molar-refractivity contribution in [2.45, 2.75) is 5.51 Å². The number of fused-ring (bicyclic) bond motifs is 1. The minimum atomic E-state index is -5.76. The zero-order valence-corrected chi connectivity index (χ0v) is 10.2. The van der Waals surface area contributed by atoms with Crippen LogP contribution in [0.3, 0.4) is 0 Å². The molecule has 0 saturated carbocycles. The minimum Gasteiger partial charge on any atom is -0.477 e. The van der Waals surface area contributed by atoms with E-state index in [9.17, 15) is 26.4 Å². The fourth-order valence-electron chi connectivity index (χ4n) is 1.45. The van der Waals surface area contributed by atoms with Gasteiger partial charge in [0.25, 0.3) is 0 Å². The molecule has 0 bridgehead atoms. The Morgan fingerprint density at radius 1 is 1.25 bits per heavy atom. The number of H-pyrrole nitrogens is 1. The molecule has 2 rings (SSSR count). The van der Waals surface area contributed by atoms with Gasteiger partial charge >= 0.3 is 21.6 Å². The summed E-state index contributed by atoms with van der Waals surface area (Å²) in [6, 6.07) is 4.32. The van der Waals surface area contributed by atoms with Crippen LogP contribution < -0.4 is 4.18 Å². The van der Waals surface area contributed by atoms with Gasteiger partial charge in [-0.05, 0) is 24.3 Å². The molecule has 0 fully saturated rings. The predicted molar refractivity (Wildman–Crippen MR) is 60.9 cm³/mol. The third-order valence-electron chi connectivity index (χ3n) is 2.31. The normalized spacial score (nSPS) is 12.6. The summed E-state index contributed by atoms with van der Waals surface area (Å²) in [5, 5.41) is 8.95. The lowest BCUT2D eigenvalue weighted by Gasteiger charge is -2.09. The Bertz CT molecular complexity index is 778. The summed E-state index contributed by atoms with van der Waals surface area (Å²) in [5.41, 5.74) is -5.40. The van der Waals surface area contributed by atoms with Crippen molar-refractivity contribution in [3.05, 3.63) is 30.0 Å². The fourth-order valence-corrected chi connectivity index (χ4v) is 1.90. The van der Waals surface area contributed by atoms with Crippen molar-refractivity contribution in [1.29, 1.82) is 0 Å². The molecule has 1 aromatic heterocycles. The van der Waals surface area contributed by atoms with Crippen molar-refractivity contribution in [3.63, 3.8) is 0 Å². The lowest BCUT2D eigenvalue weighted by atomic mass is 10.2. The van der Waals surface area contributed by atoms with Crippen LogP contribution in [0.5, 0.6) is 5.75 Å². The number of rotatable bonds is 3. The fraction of sp³-hybridized carbons (Fsp3) is 0.100. The highest BCUT2D eigenvalue weighted by atomic mass is 32.2. The number of hydrogen-bond acceptors (Lipinski definition) is 4. The first-order valence-electron chi connectivity index (χ1n) is 4.97. The smallest absolute Gasteiger partial charge is 0.477 e. The monoisotopic (exact) mass is 309 g/mol. The highest BCUT2D eigenvalue weighted by Crippen LogP contribution is 2.29. The van der Waals surface area contributed by atoms with Crippen LogP contribution in [0.25, 0.3) is 10.9 Å². The summed E-state index contributed by atoms with van der Waals surface area (Å²) in [4.78, 5) is 13.2. The Kier molecular flexibility index (Phi) is 3.12. The SMILES string of the molecule is O=C(O)c1cc2cc(OS(=O)(=O)C(F)(F)F)ccc2[nH]1. The second-order valence-electron chi connectivity index (χ2n) is 3.72. The second kappa shape index (κ2) is 4.40. The highest BCUT2D eigenvalue weighted by Gasteiger charge is 2.48. The maximum atomic E-state index is 12.1. The average molecular weight is 309 g/mol. The molecule has 6 nitrogen and oxygen atoms in total. The first-order valence-corrected chi connectivity index (χ1v) is 6.38. The van der Waals surface area contributed by atoms with Crippen molar-refractivity contribution in [3.8, 4) is 5.75 Å². The van der Waals surface area contributed by atoms with Gasteiger partial charge in [-0.2, -0.15) is 21.6 Å². The van der Waals surface area contributed by atoms with Crippen LogP contribution in [0.15, 0.2) is 24.3 Å². The number of carboxylic acids is 1. The van der Waals surface area contributed by atoms with Gasteiger partial charge in [0.15, 0.2) is 0 Å². The van der Waals surface area contributed by atoms with Gasteiger partial charge < -0.3 is 14.3 Å². The van der Waals surface area contributed by atoms with E-state index >= 15 is 0 Å². The molecule has 20 heavy (non-hydrogen) atoms. The van der Waals surface area contributed by atoms with E-state index in [1.165, 1.54) is 6.07 Å². The molecule has 1 aromatic carbocycles. The van der Waals surface area contributed by atoms with E-state index in [-0.39, 0.29) is 11.1 Å². The summed E-state index contributed by atoms with van der Waals surface area (Å²) < 4.78 is 62.0. The van der Waals surface area contributed by atoms with Gasteiger partial charge in [0.1, 0.15) is 11.4 Å². The second-order valence-corrected chi connectivity index (χ2v) is 5.26. The van der Waals surface area contributed by atoms with E-state index in [1.54, 1.807) is 0 Å². The van der Waals surface area contributed by atoms with Crippen molar-refractivity contribution >= 4 is 27.0 Å².